The molecule has 0 bridgehead atoms. The average molecular weight is 413 g/mol. The van der Waals surface area contributed by atoms with Crippen molar-refractivity contribution in [1.29, 1.82) is 0 Å². The fraction of sp³-hybridized carbons (Fsp3) is 0.381. The Bertz CT molecular complexity index is 912. The molecule has 1 aromatic heterocycles. The summed E-state index contributed by atoms with van der Waals surface area (Å²) in [7, 11) is 0. The molecule has 2 aliphatic carbocycles. The topological polar surface area (TPSA) is 99.3 Å². The fourth-order valence-corrected chi connectivity index (χ4v) is 4.49. The van der Waals surface area contributed by atoms with Crippen LogP contribution in [0.15, 0.2) is 30.3 Å². The zero-order valence-electron chi connectivity index (χ0n) is 16.0. The van der Waals surface area contributed by atoms with Gasteiger partial charge in [0.2, 0.25) is 0 Å². The lowest BCUT2D eigenvalue weighted by Gasteiger charge is -2.09. The smallest absolute Gasteiger partial charge is 0.319 e. The van der Waals surface area contributed by atoms with Gasteiger partial charge in [-0.1, -0.05) is 12.5 Å². The summed E-state index contributed by atoms with van der Waals surface area (Å²) in [4.78, 5) is 38.6. The van der Waals surface area contributed by atoms with Gasteiger partial charge in [0.1, 0.15) is 0 Å². The van der Waals surface area contributed by atoms with E-state index >= 15 is 0 Å². The summed E-state index contributed by atoms with van der Waals surface area (Å²) in [6.45, 7) is 0. The van der Waals surface area contributed by atoms with Crippen molar-refractivity contribution >= 4 is 34.9 Å². The lowest BCUT2D eigenvalue weighted by Crippen LogP contribution is -2.41. The first kappa shape index (κ1) is 19.4. The summed E-state index contributed by atoms with van der Waals surface area (Å²) in [6.07, 6.45) is 7.59. The molecule has 2 aliphatic rings. The van der Waals surface area contributed by atoms with E-state index in [0.29, 0.717) is 16.1 Å². The van der Waals surface area contributed by atoms with Crippen LogP contribution < -0.4 is 21.5 Å². The van der Waals surface area contributed by atoms with Crippen molar-refractivity contribution < 1.29 is 14.4 Å². The highest BCUT2D eigenvalue weighted by Gasteiger charge is 2.23. The highest BCUT2D eigenvalue weighted by Crippen LogP contribution is 2.28. The monoisotopic (exact) mass is 412 g/mol. The number of benzene rings is 1. The number of hydrazine groups is 1. The molecule has 0 atom stereocenters. The fourth-order valence-electron chi connectivity index (χ4n) is 3.35. The van der Waals surface area contributed by atoms with Gasteiger partial charge in [0, 0.05) is 22.2 Å². The highest BCUT2D eigenvalue weighted by molar-refractivity contribution is 7.14. The molecule has 0 aliphatic heterocycles. The molecule has 4 N–H and O–H groups in total. The van der Waals surface area contributed by atoms with E-state index in [0.717, 1.165) is 38.5 Å². The van der Waals surface area contributed by atoms with Gasteiger partial charge in [0.05, 0.1) is 4.88 Å². The number of rotatable bonds is 4. The number of hydrogen-bond donors (Lipinski definition) is 4. The van der Waals surface area contributed by atoms with Gasteiger partial charge in [-0.15, -0.1) is 11.3 Å². The average Bonchev–Trinajstić information content (AvgIpc) is 3.48. The van der Waals surface area contributed by atoms with Gasteiger partial charge >= 0.3 is 6.03 Å². The third kappa shape index (κ3) is 5.14. The number of nitrogens with one attached hydrogen (secondary N) is 4. The summed E-state index contributed by atoms with van der Waals surface area (Å²) < 4.78 is 0. The van der Waals surface area contributed by atoms with Crippen molar-refractivity contribution in [2.75, 3.05) is 5.32 Å². The van der Waals surface area contributed by atoms with Crippen LogP contribution in [0.3, 0.4) is 0 Å². The first-order chi connectivity index (χ1) is 14.1. The highest BCUT2D eigenvalue weighted by atomic mass is 32.1. The van der Waals surface area contributed by atoms with Crippen LogP contribution >= 0.6 is 11.3 Å². The predicted octanol–water partition coefficient (Wildman–Crippen LogP) is 3.38. The number of amides is 4. The second-order valence-corrected chi connectivity index (χ2v) is 8.62. The summed E-state index contributed by atoms with van der Waals surface area (Å²) in [5, 5.41) is 5.54. The second-order valence-electron chi connectivity index (χ2n) is 7.48. The van der Waals surface area contributed by atoms with Gasteiger partial charge in [-0.25, -0.2) is 4.79 Å². The van der Waals surface area contributed by atoms with E-state index in [1.54, 1.807) is 24.3 Å². The zero-order valence-corrected chi connectivity index (χ0v) is 16.9. The van der Waals surface area contributed by atoms with Crippen LogP contribution in [0.5, 0.6) is 0 Å². The Morgan fingerprint density at radius 2 is 1.72 bits per heavy atom. The number of urea groups is 1. The summed E-state index contributed by atoms with van der Waals surface area (Å²) in [6, 6.07) is 8.50. The number of thiophene rings is 1. The largest absolute Gasteiger partial charge is 0.335 e. The van der Waals surface area contributed by atoms with Crippen LogP contribution in [-0.2, 0) is 12.8 Å². The minimum atomic E-state index is -0.442. The Hall–Kier alpha value is -2.87. The number of fused-ring (bicyclic) bond motifs is 1. The van der Waals surface area contributed by atoms with Crippen molar-refractivity contribution in [3.05, 3.63) is 51.2 Å². The van der Waals surface area contributed by atoms with E-state index in [4.69, 9.17) is 0 Å². The van der Waals surface area contributed by atoms with Gasteiger partial charge in [-0.2, -0.15) is 0 Å². The van der Waals surface area contributed by atoms with Crippen LogP contribution in [0.1, 0.15) is 62.6 Å². The lowest BCUT2D eigenvalue weighted by atomic mass is 10.1. The van der Waals surface area contributed by atoms with E-state index < -0.39 is 5.91 Å². The normalized spacial score (nSPS) is 15.6. The molecular formula is C21H24N4O3S. The van der Waals surface area contributed by atoms with Gasteiger partial charge < -0.3 is 10.6 Å². The van der Waals surface area contributed by atoms with Crippen LogP contribution in [0.25, 0.3) is 0 Å². The maximum atomic E-state index is 12.4. The van der Waals surface area contributed by atoms with E-state index in [1.165, 1.54) is 28.2 Å². The maximum Gasteiger partial charge on any atom is 0.319 e. The number of anilines is 1. The third-order valence-electron chi connectivity index (χ3n) is 5.06. The van der Waals surface area contributed by atoms with E-state index in [1.807, 2.05) is 6.07 Å². The quantitative estimate of drug-likeness (QED) is 0.458. The molecule has 0 saturated heterocycles. The second kappa shape index (κ2) is 8.65. The lowest BCUT2D eigenvalue weighted by molar-refractivity contribution is 0.0849. The SMILES string of the molecule is O=C(Nc1cccc(C(=O)NNC(=O)c2cc3c(s2)CCCCC3)c1)NC1CC1. The Kier molecular flexibility index (Phi) is 5.80. The number of carbonyl (C=O) groups is 3. The number of hydrogen-bond acceptors (Lipinski definition) is 4. The molecule has 0 spiro atoms. The minimum absolute atomic E-state index is 0.254. The van der Waals surface area contributed by atoms with Crippen molar-refractivity contribution in [2.24, 2.45) is 0 Å². The van der Waals surface area contributed by atoms with Crippen molar-refractivity contribution in [1.82, 2.24) is 16.2 Å². The third-order valence-corrected chi connectivity index (χ3v) is 6.29. The molecule has 0 radical (unpaired) electrons. The van der Waals surface area contributed by atoms with E-state index in [-0.39, 0.29) is 18.0 Å². The Labute approximate surface area is 173 Å². The molecule has 1 heterocycles. The molecule has 7 nitrogen and oxygen atoms in total. The van der Waals surface area contributed by atoms with Crippen molar-refractivity contribution in [2.45, 2.75) is 51.0 Å². The van der Waals surface area contributed by atoms with Crippen LogP contribution in [0.2, 0.25) is 0 Å². The van der Waals surface area contributed by atoms with Crippen molar-refractivity contribution in [3.8, 4) is 0 Å². The first-order valence-electron chi connectivity index (χ1n) is 9.98. The summed E-state index contributed by atoms with van der Waals surface area (Å²) >= 11 is 1.51. The summed E-state index contributed by atoms with van der Waals surface area (Å²) in [5.41, 5.74) is 7.06. The molecule has 8 heteroatoms. The van der Waals surface area contributed by atoms with Gasteiger partial charge in [-0.3, -0.25) is 20.4 Å². The molecular weight excluding hydrogens is 388 g/mol. The Morgan fingerprint density at radius 3 is 2.55 bits per heavy atom. The molecule has 29 heavy (non-hydrogen) atoms. The first-order valence-corrected chi connectivity index (χ1v) is 10.8. The molecule has 4 rings (SSSR count). The zero-order chi connectivity index (χ0) is 20.2. The molecule has 1 aromatic carbocycles. The molecule has 2 aromatic rings. The molecule has 4 amide bonds. The van der Waals surface area contributed by atoms with E-state index in [9.17, 15) is 14.4 Å². The standard InChI is InChI=1S/C21H24N4O3S/c26-19(14-6-4-7-16(11-14)23-21(28)22-15-9-10-15)24-25-20(27)18-12-13-5-2-1-3-8-17(13)29-18/h4,6-7,11-12,15H,1-3,5,8-10H2,(H,24,26)(H,25,27)(H2,22,23,28). The van der Waals surface area contributed by atoms with Gasteiger partial charge in [0.25, 0.3) is 11.8 Å². The van der Waals surface area contributed by atoms with Crippen molar-refractivity contribution in [3.63, 3.8) is 0 Å². The summed E-state index contributed by atoms with van der Waals surface area (Å²) in [5.74, 6) is -0.753. The van der Waals surface area contributed by atoms with Crippen LogP contribution in [0, 0.1) is 0 Å². The molecule has 0 unspecified atom stereocenters. The predicted molar refractivity (Wildman–Crippen MR) is 112 cm³/mol. The molecule has 1 fully saturated rings. The minimum Gasteiger partial charge on any atom is -0.335 e. The molecule has 152 valence electrons. The van der Waals surface area contributed by atoms with Crippen LogP contribution in [0.4, 0.5) is 10.5 Å². The number of aryl methyl sites for hydroxylation is 2. The number of carbonyl (C=O) groups excluding carboxylic acids is 3. The van der Waals surface area contributed by atoms with Gasteiger partial charge in [0.15, 0.2) is 0 Å². The maximum absolute atomic E-state index is 12.4. The Morgan fingerprint density at radius 1 is 0.931 bits per heavy atom. The van der Waals surface area contributed by atoms with E-state index in [2.05, 4.69) is 21.5 Å². The van der Waals surface area contributed by atoms with Gasteiger partial charge in [-0.05, 0) is 68.4 Å². The Balaban J connectivity index is 1.32. The molecule has 1 saturated carbocycles. The van der Waals surface area contributed by atoms with Crippen LogP contribution in [-0.4, -0.2) is 23.9 Å².